The lowest BCUT2D eigenvalue weighted by atomic mass is 10.6. The number of halogens is 1. The molecule has 0 aromatic carbocycles. The first-order valence-corrected chi connectivity index (χ1v) is 4.53. The third kappa shape index (κ3) is 1.48. The predicted molar refractivity (Wildman–Crippen MR) is 51.1 cm³/mol. The minimum Gasteiger partial charge on any atom is -0.333 e. The van der Waals surface area contributed by atoms with E-state index in [9.17, 15) is 0 Å². The molecule has 1 aliphatic heterocycles. The third-order valence-electron chi connectivity index (χ3n) is 1.71. The van der Waals surface area contributed by atoms with Gasteiger partial charge in [0.25, 0.3) is 0 Å². The second kappa shape index (κ2) is 3.23. The van der Waals surface area contributed by atoms with Crippen LogP contribution in [0.1, 0.15) is 0 Å². The van der Waals surface area contributed by atoms with Crippen molar-refractivity contribution in [2.24, 2.45) is 0 Å². The Balaban J connectivity index is 2.18. The molecule has 0 aliphatic carbocycles. The third-order valence-corrected chi connectivity index (χ3v) is 2.12. The van der Waals surface area contributed by atoms with Crippen LogP contribution in [0.4, 0.5) is 5.95 Å². The summed E-state index contributed by atoms with van der Waals surface area (Å²) in [5, 5.41) is 0. The Morgan fingerprint density at radius 3 is 2.33 bits per heavy atom. The van der Waals surface area contributed by atoms with Gasteiger partial charge in [-0.25, -0.2) is 9.97 Å². The second-order valence-corrected chi connectivity index (χ2v) is 3.49. The summed E-state index contributed by atoms with van der Waals surface area (Å²) in [5.74, 6) is 0.795. The van der Waals surface area contributed by atoms with Crippen LogP contribution in [0.2, 0.25) is 0 Å². The maximum absolute atomic E-state index is 4.19. The summed E-state index contributed by atoms with van der Waals surface area (Å²) in [5.41, 5.74) is 0. The fraction of sp³-hybridized carbons (Fsp3) is 0.250. The SMILES string of the molecule is Brc1cnc(N2CC=CC2)nc1. The van der Waals surface area contributed by atoms with Gasteiger partial charge in [-0.2, -0.15) is 0 Å². The van der Waals surface area contributed by atoms with Gasteiger partial charge < -0.3 is 4.90 Å². The Kier molecular flexibility index (Phi) is 2.08. The molecule has 1 aromatic rings. The molecule has 2 rings (SSSR count). The zero-order chi connectivity index (χ0) is 8.39. The summed E-state index contributed by atoms with van der Waals surface area (Å²) in [6, 6.07) is 0. The van der Waals surface area contributed by atoms with Crippen molar-refractivity contribution >= 4 is 21.9 Å². The summed E-state index contributed by atoms with van der Waals surface area (Å²) in [6.45, 7) is 1.84. The standard InChI is InChI=1S/C8H8BrN3/c9-7-5-10-8(11-6-7)12-3-1-2-4-12/h1-2,5-6H,3-4H2. The molecule has 12 heavy (non-hydrogen) atoms. The van der Waals surface area contributed by atoms with Crippen LogP contribution < -0.4 is 4.90 Å². The van der Waals surface area contributed by atoms with Crippen molar-refractivity contribution in [3.63, 3.8) is 0 Å². The zero-order valence-electron chi connectivity index (χ0n) is 6.44. The maximum atomic E-state index is 4.19. The lowest BCUT2D eigenvalue weighted by Crippen LogP contribution is -2.20. The smallest absolute Gasteiger partial charge is 0.225 e. The maximum Gasteiger partial charge on any atom is 0.225 e. The van der Waals surface area contributed by atoms with Gasteiger partial charge >= 0.3 is 0 Å². The lowest BCUT2D eigenvalue weighted by Gasteiger charge is -2.13. The highest BCUT2D eigenvalue weighted by Crippen LogP contribution is 2.12. The van der Waals surface area contributed by atoms with Gasteiger partial charge in [-0.05, 0) is 15.9 Å². The molecule has 0 N–H and O–H groups in total. The van der Waals surface area contributed by atoms with E-state index in [4.69, 9.17) is 0 Å². The van der Waals surface area contributed by atoms with E-state index in [0.717, 1.165) is 23.5 Å². The molecule has 4 heteroatoms. The normalized spacial score (nSPS) is 15.6. The molecule has 0 radical (unpaired) electrons. The van der Waals surface area contributed by atoms with Crippen LogP contribution in [-0.2, 0) is 0 Å². The van der Waals surface area contributed by atoms with Crippen molar-refractivity contribution in [2.75, 3.05) is 18.0 Å². The summed E-state index contributed by atoms with van der Waals surface area (Å²) >= 11 is 3.29. The van der Waals surface area contributed by atoms with E-state index in [-0.39, 0.29) is 0 Å². The molecule has 2 heterocycles. The molecular formula is C8H8BrN3. The molecular weight excluding hydrogens is 218 g/mol. The van der Waals surface area contributed by atoms with Crippen molar-refractivity contribution in [2.45, 2.75) is 0 Å². The van der Waals surface area contributed by atoms with Gasteiger partial charge in [0.1, 0.15) is 0 Å². The molecule has 0 spiro atoms. The average Bonchev–Trinajstić information content (AvgIpc) is 2.58. The molecule has 62 valence electrons. The molecule has 1 aliphatic rings. The molecule has 0 atom stereocenters. The van der Waals surface area contributed by atoms with E-state index >= 15 is 0 Å². The van der Waals surface area contributed by atoms with Crippen molar-refractivity contribution in [3.8, 4) is 0 Å². The first-order chi connectivity index (χ1) is 5.86. The van der Waals surface area contributed by atoms with E-state index in [1.165, 1.54) is 0 Å². The average molecular weight is 226 g/mol. The van der Waals surface area contributed by atoms with Gasteiger partial charge in [-0.3, -0.25) is 0 Å². The Morgan fingerprint density at radius 1 is 1.17 bits per heavy atom. The van der Waals surface area contributed by atoms with Gasteiger partial charge in [-0.1, -0.05) is 12.2 Å². The number of aromatic nitrogens is 2. The Morgan fingerprint density at radius 2 is 1.75 bits per heavy atom. The molecule has 0 bridgehead atoms. The molecule has 3 nitrogen and oxygen atoms in total. The first-order valence-electron chi connectivity index (χ1n) is 3.74. The van der Waals surface area contributed by atoms with Crippen molar-refractivity contribution < 1.29 is 0 Å². The highest BCUT2D eigenvalue weighted by Gasteiger charge is 2.08. The van der Waals surface area contributed by atoms with E-state index in [1.807, 2.05) is 0 Å². The first kappa shape index (κ1) is 7.73. The second-order valence-electron chi connectivity index (χ2n) is 2.58. The molecule has 0 saturated carbocycles. The fourth-order valence-corrected chi connectivity index (χ4v) is 1.31. The van der Waals surface area contributed by atoms with Crippen LogP contribution in [0.5, 0.6) is 0 Å². The fourth-order valence-electron chi connectivity index (χ4n) is 1.11. The van der Waals surface area contributed by atoms with Gasteiger partial charge in [0.2, 0.25) is 5.95 Å². The van der Waals surface area contributed by atoms with Gasteiger partial charge in [0, 0.05) is 25.5 Å². The minimum atomic E-state index is 0.795. The van der Waals surface area contributed by atoms with Crippen LogP contribution in [0, 0.1) is 0 Å². The summed E-state index contributed by atoms with van der Waals surface area (Å²) < 4.78 is 0.915. The van der Waals surface area contributed by atoms with Gasteiger partial charge in [0.15, 0.2) is 0 Å². The number of hydrogen-bond donors (Lipinski definition) is 0. The number of anilines is 1. The molecule has 0 saturated heterocycles. The van der Waals surface area contributed by atoms with Gasteiger partial charge in [0.05, 0.1) is 4.47 Å². The summed E-state index contributed by atoms with van der Waals surface area (Å²) in [4.78, 5) is 10.5. The Labute approximate surface area is 79.3 Å². The quantitative estimate of drug-likeness (QED) is 0.681. The van der Waals surface area contributed by atoms with Crippen LogP contribution in [0.15, 0.2) is 29.0 Å². The van der Waals surface area contributed by atoms with Crippen molar-refractivity contribution in [1.29, 1.82) is 0 Å². The highest BCUT2D eigenvalue weighted by atomic mass is 79.9. The van der Waals surface area contributed by atoms with E-state index < -0.39 is 0 Å². The predicted octanol–water partition coefficient (Wildman–Crippen LogP) is 1.62. The van der Waals surface area contributed by atoms with Crippen molar-refractivity contribution in [3.05, 3.63) is 29.0 Å². The Bertz CT molecular complexity index is 286. The molecule has 1 aromatic heterocycles. The number of nitrogens with zero attached hydrogens (tertiary/aromatic N) is 3. The number of rotatable bonds is 1. The van der Waals surface area contributed by atoms with Crippen LogP contribution in [0.3, 0.4) is 0 Å². The highest BCUT2D eigenvalue weighted by molar-refractivity contribution is 9.10. The minimum absolute atomic E-state index is 0.795. The van der Waals surface area contributed by atoms with E-state index in [0.29, 0.717) is 0 Å². The Hall–Kier alpha value is -0.900. The van der Waals surface area contributed by atoms with E-state index in [2.05, 4.69) is 42.9 Å². The van der Waals surface area contributed by atoms with E-state index in [1.54, 1.807) is 12.4 Å². The lowest BCUT2D eigenvalue weighted by molar-refractivity contribution is 0.921. The van der Waals surface area contributed by atoms with Crippen molar-refractivity contribution in [1.82, 2.24) is 9.97 Å². The largest absolute Gasteiger partial charge is 0.333 e. The number of hydrogen-bond acceptors (Lipinski definition) is 3. The summed E-state index contributed by atoms with van der Waals surface area (Å²) in [7, 11) is 0. The summed E-state index contributed by atoms with van der Waals surface area (Å²) in [6.07, 6.45) is 7.76. The van der Waals surface area contributed by atoms with Crippen LogP contribution in [0.25, 0.3) is 0 Å². The monoisotopic (exact) mass is 225 g/mol. The van der Waals surface area contributed by atoms with Crippen LogP contribution >= 0.6 is 15.9 Å². The molecule has 0 unspecified atom stereocenters. The zero-order valence-corrected chi connectivity index (χ0v) is 8.03. The molecule has 0 amide bonds. The molecule has 0 fully saturated rings. The van der Waals surface area contributed by atoms with Crippen LogP contribution in [-0.4, -0.2) is 23.1 Å². The topological polar surface area (TPSA) is 29.0 Å². The van der Waals surface area contributed by atoms with Gasteiger partial charge in [-0.15, -0.1) is 0 Å².